The molecular formula is C39H45N3O3. The van der Waals surface area contributed by atoms with Crippen molar-refractivity contribution in [1.29, 1.82) is 0 Å². The Kier molecular flexibility index (Phi) is 9.42. The number of rotatable bonds is 10. The molecule has 5 rings (SSSR count). The van der Waals surface area contributed by atoms with E-state index in [0.717, 1.165) is 46.3 Å². The van der Waals surface area contributed by atoms with Crippen LogP contribution in [0.15, 0.2) is 83.9 Å². The number of aliphatic imine (C=N–C) groups is 1. The van der Waals surface area contributed by atoms with Gasteiger partial charge >= 0.3 is 0 Å². The summed E-state index contributed by atoms with van der Waals surface area (Å²) in [7, 11) is 0. The molecular weight excluding hydrogens is 558 g/mol. The number of nitrogens with zero attached hydrogens (tertiary/aromatic N) is 2. The summed E-state index contributed by atoms with van der Waals surface area (Å²) in [5, 5.41) is 5.08. The van der Waals surface area contributed by atoms with Crippen LogP contribution >= 0.6 is 0 Å². The molecule has 45 heavy (non-hydrogen) atoms. The lowest BCUT2D eigenvalue weighted by Crippen LogP contribution is -2.34. The Morgan fingerprint density at radius 1 is 0.978 bits per heavy atom. The van der Waals surface area contributed by atoms with Gasteiger partial charge in [0.15, 0.2) is 6.61 Å². The van der Waals surface area contributed by atoms with Crippen molar-refractivity contribution >= 4 is 51.0 Å². The van der Waals surface area contributed by atoms with Crippen LogP contribution in [0.25, 0.3) is 10.8 Å². The third-order valence-electron chi connectivity index (χ3n) is 9.40. The van der Waals surface area contributed by atoms with Gasteiger partial charge in [-0.2, -0.15) is 0 Å². The van der Waals surface area contributed by atoms with Crippen molar-refractivity contribution in [3.63, 3.8) is 0 Å². The number of carbonyl (C=O) groups excluding carboxylic acids is 2. The molecule has 6 heteroatoms. The molecule has 234 valence electrons. The van der Waals surface area contributed by atoms with Crippen LogP contribution < -0.4 is 15.0 Å². The van der Waals surface area contributed by atoms with E-state index in [1.54, 1.807) is 4.90 Å². The van der Waals surface area contributed by atoms with Crippen molar-refractivity contribution in [1.82, 2.24) is 0 Å². The molecule has 0 aliphatic carbocycles. The van der Waals surface area contributed by atoms with Gasteiger partial charge in [0.25, 0.3) is 5.91 Å². The smallest absolute Gasteiger partial charge is 0.262 e. The number of ether oxygens (including phenoxy) is 1. The first-order chi connectivity index (χ1) is 21.6. The number of hydrogen-bond donors (Lipinski definition) is 1. The van der Waals surface area contributed by atoms with Crippen molar-refractivity contribution in [2.75, 3.05) is 16.8 Å². The molecule has 1 aliphatic heterocycles. The van der Waals surface area contributed by atoms with Crippen molar-refractivity contribution < 1.29 is 14.3 Å². The van der Waals surface area contributed by atoms with E-state index in [1.807, 2.05) is 74.5 Å². The molecule has 0 fully saturated rings. The minimum absolute atomic E-state index is 0.0876. The minimum atomic E-state index is -0.424. The standard InChI is InChI=1S/C39H45N3O3/c1-8-25(4)28-20-22-35(30(23-28)39(6,7)10-3)45-24-36(43)40-32-17-13-14-18-33(32)42-34-21-19-27-15-11-12-16-29(27)37(34)41-31(9-2)26(5)38(42)44/h11-23,25-26H,8-10,24H2,1-7H3,(H,40,43). The molecule has 1 heterocycles. The highest BCUT2D eigenvalue weighted by atomic mass is 16.5. The monoisotopic (exact) mass is 603 g/mol. The summed E-state index contributed by atoms with van der Waals surface area (Å²) in [6, 6.07) is 25.8. The molecule has 6 nitrogen and oxygen atoms in total. The normalized spacial score (nSPS) is 15.7. The molecule has 2 amide bonds. The predicted molar refractivity (Wildman–Crippen MR) is 187 cm³/mol. The highest BCUT2D eigenvalue weighted by Gasteiger charge is 2.33. The van der Waals surface area contributed by atoms with Gasteiger partial charge in [-0.3, -0.25) is 19.5 Å². The minimum Gasteiger partial charge on any atom is -0.483 e. The first-order valence-electron chi connectivity index (χ1n) is 16.2. The van der Waals surface area contributed by atoms with Gasteiger partial charge in [-0.05, 0) is 72.7 Å². The fourth-order valence-corrected chi connectivity index (χ4v) is 5.91. The third kappa shape index (κ3) is 6.37. The number of hydrogen-bond acceptors (Lipinski definition) is 4. The average Bonchev–Trinajstić information content (AvgIpc) is 3.16. The van der Waals surface area contributed by atoms with E-state index < -0.39 is 5.92 Å². The second kappa shape index (κ2) is 13.3. The zero-order chi connectivity index (χ0) is 32.3. The Labute approximate surface area is 267 Å². The zero-order valence-corrected chi connectivity index (χ0v) is 27.6. The zero-order valence-electron chi connectivity index (χ0n) is 27.6. The van der Waals surface area contributed by atoms with Crippen LogP contribution in [0, 0.1) is 5.92 Å². The average molecular weight is 604 g/mol. The summed E-state index contributed by atoms with van der Waals surface area (Å²) >= 11 is 0. The molecule has 2 unspecified atom stereocenters. The Balaban J connectivity index is 1.46. The first kappa shape index (κ1) is 32.0. The Bertz CT molecular complexity index is 1760. The molecule has 0 bridgehead atoms. The Morgan fingerprint density at radius 3 is 2.44 bits per heavy atom. The van der Waals surface area contributed by atoms with Gasteiger partial charge in [0, 0.05) is 16.7 Å². The molecule has 0 saturated heterocycles. The summed E-state index contributed by atoms with van der Waals surface area (Å²) in [4.78, 5) is 34.3. The van der Waals surface area contributed by atoms with Gasteiger partial charge in [0.1, 0.15) is 5.75 Å². The fraction of sp³-hybridized carbons (Fsp3) is 0.359. The number of fused-ring (bicyclic) bond motifs is 3. The Morgan fingerprint density at radius 2 is 1.71 bits per heavy atom. The van der Waals surface area contributed by atoms with Crippen LogP contribution in [-0.4, -0.2) is 24.1 Å². The van der Waals surface area contributed by atoms with Gasteiger partial charge in [-0.25, -0.2) is 0 Å². The van der Waals surface area contributed by atoms with E-state index in [2.05, 4.69) is 58.1 Å². The predicted octanol–water partition coefficient (Wildman–Crippen LogP) is 9.86. The molecule has 0 saturated carbocycles. The quantitative estimate of drug-likeness (QED) is 0.196. The van der Waals surface area contributed by atoms with Crippen molar-refractivity contribution in [2.24, 2.45) is 10.9 Å². The molecule has 4 aromatic rings. The van der Waals surface area contributed by atoms with E-state index in [-0.39, 0.29) is 23.8 Å². The van der Waals surface area contributed by atoms with E-state index in [4.69, 9.17) is 9.73 Å². The lowest BCUT2D eigenvalue weighted by molar-refractivity contribution is -0.119. The number of benzene rings is 4. The topological polar surface area (TPSA) is 71.0 Å². The van der Waals surface area contributed by atoms with Crippen molar-refractivity contribution in [3.05, 3.63) is 90.0 Å². The maximum Gasteiger partial charge on any atom is 0.262 e. The largest absolute Gasteiger partial charge is 0.483 e. The molecule has 0 aromatic heterocycles. The summed E-state index contributed by atoms with van der Waals surface area (Å²) in [5.74, 6) is 0.353. The first-order valence-corrected chi connectivity index (χ1v) is 16.2. The number of para-hydroxylation sites is 2. The number of nitrogens with one attached hydrogen (secondary N) is 1. The van der Waals surface area contributed by atoms with Crippen LogP contribution in [0.2, 0.25) is 0 Å². The number of amides is 2. The molecule has 2 atom stereocenters. The highest BCUT2D eigenvalue weighted by molar-refractivity contribution is 6.20. The van der Waals surface area contributed by atoms with E-state index in [9.17, 15) is 9.59 Å². The molecule has 1 N–H and O–H groups in total. The van der Waals surface area contributed by atoms with Crippen molar-refractivity contribution in [3.8, 4) is 5.75 Å². The summed E-state index contributed by atoms with van der Waals surface area (Å²) < 4.78 is 6.19. The van der Waals surface area contributed by atoms with Crippen LogP contribution in [0.1, 0.15) is 84.8 Å². The lowest BCUT2D eigenvalue weighted by atomic mass is 9.80. The molecule has 0 radical (unpaired) electrons. The van der Waals surface area contributed by atoms with Gasteiger partial charge in [0.2, 0.25) is 5.91 Å². The van der Waals surface area contributed by atoms with Gasteiger partial charge in [0.05, 0.1) is 28.7 Å². The number of anilines is 3. The van der Waals surface area contributed by atoms with E-state index in [1.165, 1.54) is 5.56 Å². The Hall–Kier alpha value is -4.45. The SMILES string of the molecule is CCC1=Nc2c(ccc3ccccc23)N(c2ccccc2NC(=O)COc2ccc(C(C)CC)cc2C(C)(C)CC)C(=O)C1C. The fourth-order valence-electron chi connectivity index (χ4n) is 5.91. The third-order valence-corrected chi connectivity index (χ3v) is 9.40. The van der Waals surface area contributed by atoms with E-state index >= 15 is 0 Å². The summed E-state index contributed by atoms with van der Waals surface area (Å²) in [6.45, 7) is 14.8. The van der Waals surface area contributed by atoms with Gasteiger partial charge < -0.3 is 10.1 Å². The van der Waals surface area contributed by atoms with Crippen molar-refractivity contribution in [2.45, 2.75) is 79.1 Å². The summed E-state index contributed by atoms with van der Waals surface area (Å²) in [5.41, 5.74) is 5.70. The molecule has 0 spiro atoms. The maximum absolute atomic E-state index is 14.1. The van der Waals surface area contributed by atoms with Crippen LogP contribution in [0.5, 0.6) is 5.75 Å². The van der Waals surface area contributed by atoms with Crippen LogP contribution in [0.3, 0.4) is 0 Å². The molecule has 4 aromatic carbocycles. The van der Waals surface area contributed by atoms with Gasteiger partial charge in [-0.1, -0.05) is 96.1 Å². The summed E-state index contributed by atoms with van der Waals surface area (Å²) in [6.07, 6.45) is 2.66. The highest BCUT2D eigenvalue weighted by Crippen LogP contribution is 2.45. The van der Waals surface area contributed by atoms with E-state index in [0.29, 0.717) is 29.4 Å². The molecule has 1 aliphatic rings. The maximum atomic E-state index is 14.1. The number of carbonyl (C=O) groups is 2. The second-order valence-corrected chi connectivity index (χ2v) is 12.7. The van der Waals surface area contributed by atoms with Gasteiger partial charge in [-0.15, -0.1) is 0 Å². The second-order valence-electron chi connectivity index (χ2n) is 12.7. The lowest BCUT2D eigenvalue weighted by Gasteiger charge is -2.28. The van der Waals surface area contributed by atoms with Crippen LogP contribution in [0.4, 0.5) is 22.7 Å². The van der Waals surface area contributed by atoms with Crippen LogP contribution in [-0.2, 0) is 15.0 Å².